The summed E-state index contributed by atoms with van der Waals surface area (Å²) in [7, 11) is 0. The molecule has 0 aliphatic rings. The van der Waals surface area contributed by atoms with Crippen LogP contribution in [0.1, 0.15) is 36.7 Å². The van der Waals surface area contributed by atoms with Crippen LogP contribution in [0.3, 0.4) is 0 Å². The number of hydrogen-bond acceptors (Lipinski definition) is 3. The fourth-order valence-corrected chi connectivity index (χ4v) is 1.22. The minimum atomic E-state index is 0.307. The van der Waals surface area contributed by atoms with Gasteiger partial charge in [0.1, 0.15) is 23.5 Å². The Morgan fingerprint density at radius 2 is 2.07 bits per heavy atom. The summed E-state index contributed by atoms with van der Waals surface area (Å²) in [5, 5.41) is 17.4. The molecule has 0 radical (unpaired) electrons. The molecule has 0 saturated heterocycles. The smallest absolute Gasteiger partial charge is 0.145 e. The lowest BCUT2D eigenvalue weighted by Crippen LogP contribution is -1.96. The molecule has 0 aliphatic carbocycles. The monoisotopic (exact) mass is 185 g/mol. The number of aryl methyl sites for hydroxylation is 1. The highest BCUT2D eigenvalue weighted by atomic mass is 14.7. The van der Waals surface area contributed by atoms with Crippen molar-refractivity contribution in [3.8, 4) is 12.1 Å². The van der Waals surface area contributed by atoms with Crippen molar-refractivity contribution in [1.82, 2.24) is 4.98 Å². The van der Waals surface area contributed by atoms with E-state index >= 15 is 0 Å². The Bertz CT molecular complexity index is 396. The van der Waals surface area contributed by atoms with Gasteiger partial charge in [0.25, 0.3) is 0 Å². The maximum Gasteiger partial charge on any atom is 0.145 e. The predicted octanol–water partition coefficient (Wildman–Crippen LogP) is 2.17. The number of pyridine rings is 1. The van der Waals surface area contributed by atoms with Crippen LogP contribution in [0.15, 0.2) is 12.1 Å². The van der Waals surface area contributed by atoms with Crippen molar-refractivity contribution in [1.29, 1.82) is 10.5 Å². The van der Waals surface area contributed by atoms with E-state index in [1.165, 1.54) is 0 Å². The first-order valence-electron chi connectivity index (χ1n) is 4.62. The quantitative estimate of drug-likeness (QED) is 0.725. The summed E-state index contributed by atoms with van der Waals surface area (Å²) in [4.78, 5) is 3.94. The summed E-state index contributed by atoms with van der Waals surface area (Å²) in [5.41, 5.74) is 1.63. The van der Waals surface area contributed by atoms with Crippen molar-refractivity contribution in [3.63, 3.8) is 0 Å². The van der Waals surface area contributed by atoms with Gasteiger partial charge in [0.15, 0.2) is 0 Å². The van der Waals surface area contributed by atoms with Gasteiger partial charge in [-0.15, -0.1) is 0 Å². The van der Waals surface area contributed by atoms with Crippen LogP contribution < -0.4 is 0 Å². The summed E-state index contributed by atoms with van der Waals surface area (Å²) in [6.45, 7) is 2.10. The van der Waals surface area contributed by atoms with Crippen molar-refractivity contribution in [3.05, 3.63) is 29.1 Å². The maximum atomic E-state index is 8.82. The maximum absolute atomic E-state index is 8.82. The Labute approximate surface area is 83.6 Å². The third-order valence-electron chi connectivity index (χ3n) is 2.00. The highest BCUT2D eigenvalue weighted by molar-refractivity contribution is 5.35. The van der Waals surface area contributed by atoms with E-state index in [-0.39, 0.29) is 0 Å². The van der Waals surface area contributed by atoms with Crippen LogP contribution in [0.5, 0.6) is 0 Å². The fourth-order valence-electron chi connectivity index (χ4n) is 1.22. The van der Waals surface area contributed by atoms with E-state index < -0.39 is 0 Å². The van der Waals surface area contributed by atoms with E-state index in [4.69, 9.17) is 10.5 Å². The Hall–Kier alpha value is -1.87. The molecule has 1 heterocycles. The lowest BCUT2D eigenvalue weighted by molar-refractivity contribution is 0.789. The van der Waals surface area contributed by atoms with Crippen molar-refractivity contribution in [2.45, 2.75) is 26.2 Å². The van der Waals surface area contributed by atoms with Crippen molar-refractivity contribution >= 4 is 0 Å². The molecule has 3 heteroatoms. The van der Waals surface area contributed by atoms with Crippen molar-refractivity contribution in [2.24, 2.45) is 0 Å². The molecule has 0 atom stereocenters. The fraction of sp³-hybridized carbons (Fsp3) is 0.364. The third kappa shape index (κ3) is 2.31. The second-order valence-electron chi connectivity index (χ2n) is 3.03. The SMILES string of the molecule is CCCCc1ccc(C#N)nc1C#N. The molecule has 3 nitrogen and oxygen atoms in total. The molecule has 0 bridgehead atoms. The third-order valence-corrected chi connectivity index (χ3v) is 2.00. The van der Waals surface area contributed by atoms with E-state index in [1.807, 2.05) is 18.2 Å². The van der Waals surface area contributed by atoms with Crippen LogP contribution in [0.4, 0.5) is 0 Å². The van der Waals surface area contributed by atoms with Crippen LogP contribution >= 0.6 is 0 Å². The van der Waals surface area contributed by atoms with Gasteiger partial charge in [-0.05, 0) is 24.5 Å². The van der Waals surface area contributed by atoms with Gasteiger partial charge in [0, 0.05) is 0 Å². The van der Waals surface area contributed by atoms with Gasteiger partial charge in [-0.25, -0.2) is 4.98 Å². The topological polar surface area (TPSA) is 60.5 Å². The molecular formula is C11H11N3. The molecule has 0 fully saturated rings. The predicted molar refractivity (Wildman–Crippen MR) is 52.3 cm³/mol. The lowest BCUT2D eigenvalue weighted by Gasteiger charge is -2.01. The van der Waals surface area contributed by atoms with Crippen LogP contribution in [-0.4, -0.2) is 4.98 Å². The number of rotatable bonds is 3. The summed E-state index contributed by atoms with van der Waals surface area (Å²) < 4.78 is 0. The van der Waals surface area contributed by atoms with E-state index in [2.05, 4.69) is 11.9 Å². The van der Waals surface area contributed by atoms with Crippen molar-refractivity contribution in [2.75, 3.05) is 0 Å². The summed E-state index contributed by atoms with van der Waals surface area (Å²) in [6, 6.07) is 7.42. The number of unbranched alkanes of at least 4 members (excludes halogenated alkanes) is 1. The van der Waals surface area contributed by atoms with E-state index in [0.29, 0.717) is 11.4 Å². The average Bonchev–Trinajstić information content (AvgIpc) is 2.26. The largest absolute Gasteiger partial charge is 0.226 e. The average molecular weight is 185 g/mol. The normalized spacial score (nSPS) is 9.07. The zero-order valence-corrected chi connectivity index (χ0v) is 8.12. The highest BCUT2D eigenvalue weighted by Crippen LogP contribution is 2.10. The second kappa shape index (κ2) is 4.99. The Kier molecular flexibility index (Phi) is 3.64. The summed E-state index contributed by atoms with van der Waals surface area (Å²) in [6.07, 6.45) is 2.99. The second-order valence-corrected chi connectivity index (χ2v) is 3.03. The standard InChI is InChI=1S/C11H11N3/c1-2-3-4-9-5-6-10(7-12)14-11(9)8-13/h5-6H,2-4H2,1H3. The number of nitriles is 2. The first-order valence-corrected chi connectivity index (χ1v) is 4.62. The summed E-state index contributed by atoms with van der Waals surface area (Å²) in [5.74, 6) is 0. The summed E-state index contributed by atoms with van der Waals surface area (Å²) >= 11 is 0. The molecule has 70 valence electrons. The number of hydrogen-bond donors (Lipinski definition) is 0. The molecule has 0 spiro atoms. The molecule has 0 saturated carbocycles. The molecule has 1 rings (SSSR count). The van der Waals surface area contributed by atoms with Crippen LogP contribution in [-0.2, 0) is 6.42 Å². The lowest BCUT2D eigenvalue weighted by atomic mass is 10.1. The molecule has 0 N–H and O–H groups in total. The van der Waals surface area contributed by atoms with Crippen LogP contribution in [0.2, 0.25) is 0 Å². The van der Waals surface area contributed by atoms with Gasteiger partial charge < -0.3 is 0 Å². The Balaban J connectivity index is 2.96. The van der Waals surface area contributed by atoms with Crippen molar-refractivity contribution < 1.29 is 0 Å². The molecule has 0 aromatic carbocycles. The number of aromatic nitrogens is 1. The minimum Gasteiger partial charge on any atom is -0.226 e. The van der Waals surface area contributed by atoms with Gasteiger partial charge in [-0.1, -0.05) is 19.4 Å². The first-order chi connectivity index (χ1) is 6.81. The van der Waals surface area contributed by atoms with E-state index in [9.17, 15) is 0 Å². The zero-order chi connectivity index (χ0) is 10.4. The number of nitrogens with zero attached hydrogens (tertiary/aromatic N) is 3. The molecule has 0 amide bonds. The van der Waals surface area contributed by atoms with Gasteiger partial charge in [0.05, 0.1) is 0 Å². The zero-order valence-electron chi connectivity index (χ0n) is 8.12. The van der Waals surface area contributed by atoms with E-state index in [0.717, 1.165) is 24.8 Å². The first kappa shape index (κ1) is 10.2. The van der Waals surface area contributed by atoms with Gasteiger partial charge in [0.2, 0.25) is 0 Å². The Morgan fingerprint density at radius 1 is 1.29 bits per heavy atom. The van der Waals surface area contributed by atoms with Crippen LogP contribution in [0, 0.1) is 22.7 Å². The van der Waals surface area contributed by atoms with E-state index in [1.54, 1.807) is 6.07 Å². The Morgan fingerprint density at radius 3 is 2.64 bits per heavy atom. The molecule has 0 unspecified atom stereocenters. The molecule has 1 aromatic heterocycles. The molecule has 14 heavy (non-hydrogen) atoms. The van der Waals surface area contributed by atoms with Gasteiger partial charge in [-0.2, -0.15) is 10.5 Å². The van der Waals surface area contributed by atoms with Gasteiger partial charge in [-0.3, -0.25) is 0 Å². The van der Waals surface area contributed by atoms with Gasteiger partial charge >= 0.3 is 0 Å². The van der Waals surface area contributed by atoms with Crippen LogP contribution in [0.25, 0.3) is 0 Å². The molecular weight excluding hydrogens is 174 g/mol. The minimum absolute atomic E-state index is 0.307. The molecule has 1 aromatic rings. The highest BCUT2D eigenvalue weighted by Gasteiger charge is 2.04. The molecule has 0 aliphatic heterocycles.